The number of ether oxygens (including phenoxy) is 1. The van der Waals surface area contributed by atoms with Crippen molar-refractivity contribution in [2.45, 2.75) is 50.7 Å². The van der Waals surface area contributed by atoms with Crippen LogP contribution in [0.3, 0.4) is 0 Å². The predicted molar refractivity (Wildman–Crippen MR) is 139 cm³/mol. The number of rotatable bonds is 6. The first-order valence-corrected chi connectivity index (χ1v) is 13.3. The summed E-state index contributed by atoms with van der Waals surface area (Å²) in [4.78, 5) is 44.6. The maximum atomic E-state index is 13.3. The molecule has 200 valence electrons. The van der Waals surface area contributed by atoms with Crippen LogP contribution in [0.1, 0.15) is 38.5 Å². The highest BCUT2D eigenvalue weighted by atomic mass is 16.5. The molecule has 3 aliphatic rings. The van der Waals surface area contributed by atoms with E-state index < -0.39 is 5.60 Å². The Morgan fingerprint density at radius 3 is 2.61 bits per heavy atom. The zero-order valence-corrected chi connectivity index (χ0v) is 21.2. The molecule has 0 atom stereocenters. The van der Waals surface area contributed by atoms with Gasteiger partial charge in [-0.25, -0.2) is 9.67 Å². The Morgan fingerprint density at radius 1 is 1.11 bits per heavy atom. The average molecular weight is 521 g/mol. The highest BCUT2D eigenvalue weighted by molar-refractivity contribution is 5.93. The van der Waals surface area contributed by atoms with Crippen molar-refractivity contribution >= 4 is 28.5 Å². The number of amides is 2. The van der Waals surface area contributed by atoms with E-state index in [-0.39, 0.29) is 35.8 Å². The summed E-state index contributed by atoms with van der Waals surface area (Å²) in [5, 5.41) is 18.9. The molecule has 3 fully saturated rings. The standard InChI is InChI=1S/C27H32N6O5/c34-24(18-6-12-38-13-7-18)30-20-2-1-3-21(14-20)33-23-22(15-29-33)26(36)32(17-28-23)16-27(37)8-10-31(11-9-27)25(35)19-4-5-19/h1-3,14-15,17-19,37H,4-13,16H2,(H,30,34). The third-order valence-electron chi connectivity index (χ3n) is 7.90. The fourth-order valence-corrected chi connectivity index (χ4v) is 5.38. The second-order valence-corrected chi connectivity index (χ2v) is 10.7. The third kappa shape index (κ3) is 4.95. The number of likely N-dealkylation sites (tertiary alicyclic amines) is 1. The first-order valence-electron chi connectivity index (χ1n) is 13.3. The van der Waals surface area contributed by atoms with Crippen molar-refractivity contribution < 1.29 is 19.4 Å². The monoisotopic (exact) mass is 520 g/mol. The first kappa shape index (κ1) is 24.7. The molecule has 0 radical (unpaired) electrons. The number of piperidine rings is 1. The van der Waals surface area contributed by atoms with Crippen LogP contribution in [-0.2, 0) is 20.9 Å². The fourth-order valence-electron chi connectivity index (χ4n) is 5.38. The molecule has 2 N–H and O–H groups in total. The van der Waals surface area contributed by atoms with Crippen molar-refractivity contribution in [1.82, 2.24) is 24.2 Å². The molecule has 2 saturated heterocycles. The lowest BCUT2D eigenvalue weighted by atomic mass is 9.91. The van der Waals surface area contributed by atoms with Gasteiger partial charge in [0.25, 0.3) is 5.56 Å². The summed E-state index contributed by atoms with van der Waals surface area (Å²) in [6.45, 7) is 2.29. The van der Waals surface area contributed by atoms with Gasteiger partial charge in [0.05, 0.1) is 24.0 Å². The number of hydrogen-bond acceptors (Lipinski definition) is 7. The van der Waals surface area contributed by atoms with Crippen LogP contribution in [0.15, 0.2) is 41.6 Å². The molecule has 1 saturated carbocycles. The van der Waals surface area contributed by atoms with Gasteiger partial charge in [-0.05, 0) is 56.7 Å². The second kappa shape index (κ2) is 9.95. The summed E-state index contributed by atoms with van der Waals surface area (Å²) in [5.74, 6) is 0.249. The summed E-state index contributed by atoms with van der Waals surface area (Å²) >= 11 is 0. The fraction of sp³-hybridized carbons (Fsp3) is 0.519. The van der Waals surface area contributed by atoms with Crippen LogP contribution in [0.4, 0.5) is 5.69 Å². The molecule has 11 nitrogen and oxygen atoms in total. The Labute approximate surface area is 219 Å². The highest BCUT2D eigenvalue weighted by Gasteiger charge is 2.39. The SMILES string of the molecule is O=C(Nc1cccc(-n2ncc3c(=O)n(CC4(O)CCN(C(=O)C5CC5)CC4)cnc32)c1)C1CCOCC1. The number of anilines is 1. The van der Waals surface area contributed by atoms with Gasteiger partial charge in [-0.3, -0.25) is 19.0 Å². The summed E-state index contributed by atoms with van der Waals surface area (Å²) in [6, 6.07) is 7.27. The van der Waals surface area contributed by atoms with Gasteiger partial charge in [0, 0.05) is 43.8 Å². The molecule has 4 heterocycles. The average Bonchev–Trinajstić information content (AvgIpc) is 3.69. The summed E-state index contributed by atoms with van der Waals surface area (Å²) in [6.07, 6.45) is 7.10. The quantitative estimate of drug-likeness (QED) is 0.506. The third-order valence-corrected chi connectivity index (χ3v) is 7.90. The molecule has 2 amide bonds. The van der Waals surface area contributed by atoms with Gasteiger partial charge in [-0.15, -0.1) is 0 Å². The van der Waals surface area contributed by atoms with Crippen molar-refractivity contribution in [3.63, 3.8) is 0 Å². The Hall–Kier alpha value is -3.57. The zero-order valence-electron chi connectivity index (χ0n) is 21.2. The second-order valence-electron chi connectivity index (χ2n) is 10.7. The Kier molecular flexibility index (Phi) is 6.48. The Balaban J connectivity index is 1.17. The number of aromatic nitrogens is 4. The first-order chi connectivity index (χ1) is 18.4. The number of nitrogens with one attached hydrogen (secondary N) is 1. The van der Waals surface area contributed by atoms with Gasteiger partial charge in [0.1, 0.15) is 11.7 Å². The maximum Gasteiger partial charge on any atom is 0.264 e. The van der Waals surface area contributed by atoms with Crippen molar-refractivity contribution in [2.24, 2.45) is 11.8 Å². The molecule has 0 bridgehead atoms. The van der Waals surface area contributed by atoms with E-state index in [9.17, 15) is 19.5 Å². The van der Waals surface area contributed by atoms with E-state index in [1.807, 2.05) is 23.1 Å². The van der Waals surface area contributed by atoms with Crippen molar-refractivity contribution in [3.05, 3.63) is 47.1 Å². The molecular weight excluding hydrogens is 488 g/mol. The lowest BCUT2D eigenvalue weighted by Crippen LogP contribution is -2.50. The van der Waals surface area contributed by atoms with Gasteiger partial charge < -0.3 is 20.1 Å². The molecular formula is C27H32N6O5. The summed E-state index contributed by atoms with van der Waals surface area (Å²) < 4.78 is 8.34. The van der Waals surface area contributed by atoms with E-state index in [0.29, 0.717) is 74.4 Å². The largest absolute Gasteiger partial charge is 0.388 e. The van der Waals surface area contributed by atoms with Crippen LogP contribution < -0.4 is 10.9 Å². The molecule has 2 aromatic heterocycles. The number of hydrogen-bond donors (Lipinski definition) is 2. The molecule has 3 aromatic rings. The number of benzene rings is 1. The van der Waals surface area contributed by atoms with Crippen LogP contribution in [0.5, 0.6) is 0 Å². The molecule has 1 aliphatic carbocycles. The minimum atomic E-state index is -1.08. The van der Waals surface area contributed by atoms with Crippen LogP contribution in [0.25, 0.3) is 16.7 Å². The van der Waals surface area contributed by atoms with E-state index in [0.717, 1.165) is 12.8 Å². The van der Waals surface area contributed by atoms with Gasteiger partial charge in [-0.2, -0.15) is 5.10 Å². The van der Waals surface area contributed by atoms with Gasteiger partial charge in [0.15, 0.2) is 5.65 Å². The number of aliphatic hydroxyl groups is 1. The maximum absolute atomic E-state index is 13.3. The van der Waals surface area contributed by atoms with Crippen LogP contribution >= 0.6 is 0 Å². The lowest BCUT2D eigenvalue weighted by Gasteiger charge is -2.38. The van der Waals surface area contributed by atoms with E-state index in [1.54, 1.807) is 10.7 Å². The van der Waals surface area contributed by atoms with Crippen LogP contribution in [-0.4, -0.2) is 73.1 Å². The Bertz CT molecular complexity index is 1410. The number of carbonyl (C=O) groups excluding carboxylic acids is 2. The predicted octanol–water partition coefficient (Wildman–Crippen LogP) is 1.71. The minimum Gasteiger partial charge on any atom is -0.388 e. The van der Waals surface area contributed by atoms with E-state index in [4.69, 9.17) is 4.74 Å². The smallest absolute Gasteiger partial charge is 0.264 e. The van der Waals surface area contributed by atoms with Crippen LogP contribution in [0, 0.1) is 11.8 Å². The van der Waals surface area contributed by atoms with Gasteiger partial charge in [-0.1, -0.05) is 6.07 Å². The van der Waals surface area contributed by atoms with Gasteiger partial charge >= 0.3 is 0 Å². The lowest BCUT2D eigenvalue weighted by molar-refractivity contribution is -0.137. The molecule has 0 unspecified atom stereocenters. The summed E-state index contributed by atoms with van der Waals surface area (Å²) in [5.41, 5.74) is 0.351. The van der Waals surface area contributed by atoms with Crippen LogP contribution in [0.2, 0.25) is 0 Å². The molecule has 6 rings (SSSR count). The Morgan fingerprint density at radius 2 is 1.87 bits per heavy atom. The highest BCUT2D eigenvalue weighted by Crippen LogP contribution is 2.33. The normalized spacial score (nSPS) is 20.0. The molecule has 1 aromatic carbocycles. The molecule has 2 aliphatic heterocycles. The van der Waals surface area contributed by atoms with Crippen molar-refractivity contribution in [1.29, 1.82) is 0 Å². The number of nitrogens with zero attached hydrogens (tertiary/aromatic N) is 5. The van der Waals surface area contributed by atoms with Crippen molar-refractivity contribution in [3.8, 4) is 5.69 Å². The van der Waals surface area contributed by atoms with Gasteiger partial charge in [0.2, 0.25) is 11.8 Å². The van der Waals surface area contributed by atoms with E-state index in [2.05, 4.69) is 15.4 Å². The van der Waals surface area contributed by atoms with E-state index in [1.165, 1.54) is 17.1 Å². The minimum absolute atomic E-state index is 0.0301. The van der Waals surface area contributed by atoms with Crippen molar-refractivity contribution in [2.75, 3.05) is 31.6 Å². The zero-order chi connectivity index (χ0) is 26.3. The molecule has 0 spiro atoms. The molecule has 11 heteroatoms. The number of carbonyl (C=O) groups is 2. The topological polar surface area (TPSA) is 132 Å². The molecule has 38 heavy (non-hydrogen) atoms. The van der Waals surface area contributed by atoms with E-state index >= 15 is 0 Å². The number of fused-ring (bicyclic) bond motifs is 1. The summed E-state index contributed by atoms with van der Waals surface area (Å²) in [7, 11) is 0.